The maximum Gasteiger partial charge on any atom is 0.0270 e. The highest BCUT2D eigenvalue weighted by molar-refractivity contribution is 5.18. The Kier molecular flexibility index (Phi) is 2.32. The van der Waals surface area contributed by atoms with Gasteiger partial charge in [-0.2, -0.15) is 0 Å². The van der Waals surface area contributed by atoms with Crippen LogP contribution >= 0.6 is 0 Å². The molecule has 1 aliphatic heterocycles. The standard InChI is InChI=1S/C11H16N2/c1-9-7-11(8-13(9)2)10-3-5-12-6-4-10/h3-6,9,11H,7-8H2,1-2H3. The third-order valence-corrected chi connectivity index (χ3v) is 3.06. The zero-order valence-corrected chi connectivity index (χ0v) is 8.27. The van der Waals surface area contributed by atoms with Crippen LogP contribution in [-0.2, 0) is 0 Å². The van der Waals surface area contributed by atoms with E-state index in [4.69, 9.17) is 0 Å². The maximum absolute atomic E-state index is 4.04. The van der Waals surface area contributed by atoms with Crippen LogP contribution in [0.25, 0.3) is 0 Å². The number of likely N-dealkylation sites (N-methyl/N-ethyl adjacent to an activating group) is 1. The minimum atomic E-state index is 0.711. The van der Waals surface area contributed by atoms with E-state index in [1.165, 1.54) is 18.5 Å². The van der Waals surface area contributed by atoms with Crippen molar-refractivity contribution in [3.63, 3.8) is 0 Å². The minimum Gasteiger partial charge on any atom is -0.303 e. The van der Waals surface area contributed by atoms with E-state index in [1.807, 2.05) is 12.4 Å². The van der Waals surface area contributed by atoms with Gasteiger partial charge < -0.3 is 4.90 Å². The number of rotatable bonds is 1. The van der Waals surface area contributed by atoms with Crippen molar-refractivity contribution < 1.29 is 0 Å². The Morgan fingerprint density at radius 2 is 2.08 bits per heavy atom. The molecule has 2 rings (SSSR count). The highest BCUT2D eigenvalue weighted by atomic mass is 15.1. The van der Waals surface area contributed by atoms with Crippen molar-refractivity contribution in [2.45, 2.75) is 25.3 Å². The van der Waals surface area contributed by atoms with Gasteiger partial charge in [-0.25, -0.2) is 0 Å². The second-order valence-electron chi connectivity index (χ2n) is 4.00. The number of nitrogens with zero attached hydrogens (tertiary/aromatic N) is 2. The molecule has 0 radical (unpaired) electrons. The topological polar surface area (TPSA) is 16.1 Å². The molecule has 0 amide bonds. The van der Waals surface area contributed by atoms with Gasteiger partial charge in [0.05, 0.1) is 0 Å². The number of pyridine rings is 1. The van der Waals surface area contributed by atoms with E-state index in [1.54, 1.807) is 0 Å². The number of aromatic nitrogens is 1. The summed E-state index contributed by atoms with van der Waals surface area (Å²) in [6.07, 6.45) is 5.05. The van der Waals surface area contributed by atoms with Gasteiger partial charge in [0.1, 0.15) is 0 Å². The van der Waals surface area contributed by atoms with E-state index < -0.39 is 0 Å². The summed E-state index contributed by atoms with van der Waals surface area (Å²) in [5.41, 5.74) is 1.44. The molecule has 2 heterocycles. The van der Waals surface area contributed by atoms with Gasteiger partial charge in [0.15, 0.2) is 0 Å². The van der Waals surface area contributed by atoms with E-state index >= 15 is 0 Å². The van der Waals surface area contributed by atoms with E-state index in [9.17, 15) is 0 Å². The van der Waals surface area contributed by atoms with Crippen LogP contribution in [0, 0.1) is 0 Å². The molecule has 2 heteroatoms. The molecular formula is C11H16N2. The van der Waals surface area contributed by atoms with Crippen LogP contribution in [0.1, 0.15) is 24.8 Å². The molecule has 70 valence electrons. The fourth-order valence-corrected chi connectivity index (χ4v) is 2.07. The molecule has 1 saturated heterocycles. The predicted octanol–water partition coefficient (Wildman–Crippen LogP) is 1.89. The third-order valence-electron chi connectivity index (χ3n) is 3.06. The molecule has 1 aromatic heterocycles. The lowest BCUT2D eigenvalue weighted by molar-refractivity contribution is 0.329. The molecule has 1 aliphatic rings. The Labute approximate surface area is 79.6 Å². The molecule has 0 N–H and O–H groups in total. The molecule has 1 fully saturated rings. The molecule has 13 heavy (non-hydrogen) atoms. The molecule has 1 aromatic rings. The van der Waals surface area contributed by atoms with Crippen molar-refractivity contribution in [1.29, 1.82) is 0 Å². The van der Waals surface area contributed by atoms with Crippen molar-refractivity contribution in [3.8, 4) is 0 Å². The van der Waals surface area contributed by atoms with Crippen molar-refractivity contribution in [1.82, 2.24) is 9.88 Å². The fourth-order valence-electron chi connectivity index (χ4n) is 2.07. The van der Waals surface area contributed by atoms with Gasteiger partial charge in [-0.1, -0.05) is 0 Å². The Balaban J connectivity index is 2.12. The van der Waals surface area contributed by atoms with E-state index in [2.05, 4.69) is 36.0 Å². The average molecular weight is 176 g/mol. The minimum absolute atomic E-state index is 0.711. The summed E-state index contributed by atoms with van der Waals surface area (Å²) >= 11 is 0. The van der Waals surface area contributed by atoms with Crippen molar-refractivity contribution in [3.05, 3.63) is 30.1 Å². The van der Waals surface area contributed by atoms with Crippen molar-refractivity contribution >= 4 is 0 Å². The molecule has 2 atom stereocenters. The molecule has 2 nitrogen and oxygen atoms in total. The lowest BCUT2D eigenvalue weighted by Gasteiger charge is -2.12. The van der Waals surface area contributed by atoms with E-state index in [0.29, 0.717) is 5.92 Å². The van der Waals surface area contributed by atoms with Crippen LogP contribution < -0.4 is 0 Å². The number of likely N-dealkylation sites (tertiary alicyclic amines) is 1. The summed E-state index contributed by atoms with van der Waals surface area (Å²) in [4.78, 5) is 6.46. The second kappa shape index (κ2) is 3.46. The van der Waals surface area contributed by atoms with Gasteiger partial charge in [-0.3, -0.25) is 4.98 Å². The molecule has 0 spiro atoms. The largest absolute Gasteiger partial charge is 0.303 e. The van der Waals surface area contributed by atoms with Gasteiger partial charge in [-0.15, -0.1) is 0 Å². The quantitative estimate of drug-likeness (QED) is 0.649. The average Bonchev–Trinajstić information content (AvgIpc) is 2.49. The Bertz CT molecular complexity index is 261. The first-order valence-corrected chi connectivity index (χ1v) is 4.87. The number of hydrogen-bond acceptors (Lipinski definition) is 2. The van der Waals surface area contributed by atoms with Gasteiger partial charge in [-0.05, 0) is 44.0 Å². The smallest absolute Gasteiger partial charge is 0.0270 e. The third kappa shape index (κ3) is 1.73. The van der Waals surface area contributed by atoms with Crippen molar-refractivity contribution in [2.24, 2.45) is 0 Å². The summed E-state index contributed by atoms with van der Waals surface area (Å²) in [5.74, 6) is 0.711. The number of hydrogen-bond donors (Lipinski definition) is 0. The molecule has 0 aromatic carbocycles. The van der Waals surface area contributed by atoms with Gasteiger partial charge in [0, 0.05) is 25.0 Å². The second-order valence-corrected chi connectivity index (χ2v) is 4.00. The van der Waals surface area contributed by atoms with Crippen LogP contribution in [-0.4, -0.2) is 29.5 Å². The monoisotopic (exact) mass is 176 g/mol. The lowest BCUT2D eigenvalue weighted by atomic mass is 9.98. The molecule has 0 bridgehead atoms. The Hall–Kier alpha value is -0.890. The van der Waals surface area contributed by atoms with E-state index in [0.717, 1.165) is 6.04 Å². The first kappa shape index (κ1) is 8.70. The molecule has 2 unspecified atom stereocenters. The predicted molar refractivity (Wildman–Crippen MR) is 53.7 cm³/mol. The summed E-state index contributed by atoms with van der Waals surface area (Å²) in [5, 5.41) is 0. The summed E-state index contributed by atoms with van der Waals surface area (Å²) in [6.45, 7) is 3.48. The normalized spacial score (nSPS) is 29.4. The van der Waals surface area contributed by atoms with Crippen LogP contribution in [0.5, 0.6) is 0 Å². The molecule has 0 saturated carbocycles. The Morgan fingerprint density at radius 3 is 2.62 bits per heavy atom. The first-order valence-electron chi connectivity index (χ1n) is 4.87. The zero-order chi connectivity index (χ0) is 9.26. The lowest BCUT2D eigenvalue weighted by Crippen LogP contribution is -2.21. The van der Waals surface area contributed by atoms with Crippen LogP contribution in [0.4, 0.5) is 0 Å². The van der Waals surface area contributed by atoms with Crippen LogP contribution in [0.3, 0.4) is 0 Å². The summed E-state index contributed by atoms with van der Waals surface area (Å²) in [7, 11) is 2.20. The Morgan fingerprint density at radius 1 is 1.38 bits per heavy atom. The van der Waals surface area contributed by atoms with Crippen molar-refractivity contribution in [2.75, 3.05) is 13.6 Å². The van der Waals surface area contributed by atoms with Gasteiger partial charge in [0.25, 0.3) is 0 Å². The van der Waals surface area contributed by atoms with Gasteiger partial charge in [0.2, 0.25) is 0 Å². The zero-order valence-electron chi connectivity index (χ0n) is 8.27. The maximum atomic E-state index is 4.04. The fraction of sp³-hybridized carbons (Fsp3) is 0.545. The van der Waals surface area contributed by atoms with Crippen LogP contribution in [0.15, 0.2) is 24.5 Å². The first-order chi connectivity index (χ1) is 6.27. The molecular weight excluding hydrogens is 160 g/mol. The van der Waals surface area contributed by atoms with Crippen LogP contribution in [0.2, 0.25) is 0 Å². The SMILES string of the molecule is CC1CC(c2ccncc2)CN1C. The van der Waals surface area contributed by atoms with Gasteiger partial charge >= 0.3 is 0 Å². The highest BCUT2D eigenvalue weighted by Gasteiger charge is 2.26. The summed E-state index contributed by atoms with van der Waals surface area (Å²) in [6, 6.07) is 4.99. The summed E-state index contributed by atoms with van der Waals surface area (Å²) < 4.78 is 0. The van der Waals surface area contributed by atoms with E-state index in [-0.39, 0.29) is 0 Å². The molecule has 0 aliphatic carbocycles. The highest BCUT2D eigenvalue weighted by Crippen LogP contribution is 2.29.